The molecule has 0 spiro atoms. The lowest BCUT2D eigenvalue weighted by Gasteiger charge is -2.23. The molecular weight excluding hydrogens is 348 g/mol. The molecule has 2 N–H and O–H groups in total. The van der Waals surface area contributed by atoms with Gasteiger partial charge in [-0.2, -0.15) is 0 Å². The van der Waals surface area contributed by atoms with E-state index in [9.17, 15) is 9.59 Å². The van der Waals surface area contributed by atoms with Crippen LogP contribution in [0.4, 0.5) is 11.4 Å². The van der Waals surface area contributed by atoms with E-state index in [0.717, 1.165) is 10.6 Å². The number of carbonyl (C=O) groups is 2. The van der Waals surface area contributed by atoms with Crippen molar-refractivity contribution in [3.63, 3.8) is 0 Å². The van der Waals surface area contributed by atoms with E-state index in [1.807, 2.05) is 24.3 Å². The number of ether oxygens (including phenoxy) is 1. The Labute approximate surface area is 148 Å². The van der Waals surface area contributed by atoms with Crippen LogP contribution < -0.4 is 15.4 Å². The third-order valence-electron chi connectivity index (χ3n) is 3.51. The van der Waals surface area contributed by atoms with Gasteiger partial charge in [0.2, 0.25) is 11.8 Å². The fourth-order valence-corrected chi connectivity index (χ4v) is 3.72. The van der Waals surface area contributed by atoms with E-state index in [1.165, 1.54) is 18.9 Å². The molecule has 0 aromatic heterocycles. The van der Waals surface area contributed by atoms with Gasteiger partial charge in [-0.25, -0.2) is 0 Å². The van der Waals surface area contributed by atoms with Crippen LogP contribution in [0.5, 0.6) is 5.75 Å². The van der Waals surface area contributed by atoms with Crippen LogP contribution in [0.1, 0.15) is 6.42 Å². The number of para-hydroxylation sites is 1. The molecule has 2 aromatic carbocycles. The maximum absolute atomic E-state index is 12.2. The minimum Gasteiger partial charge on any atom is -0.495 e. The molecule has 0 saturated heterocycles. The van der Waals surface area contributed by atoms with Gasteiger partial charge in [-0.05, 0) is 30.3 Å². The zero-order chi connectivity index (χ0) is 17.1. The lowest BCUT2D eigenvalue weighted by atomic mass is 10.2. The van der Waals surface area contributed by atoms with E-state index in [4.69, 9.17) is 16.3 Å². The summed E-state index contributed by atoms with van der Waals surface area (Å²) in [5.74, 6) is 0.123. The SMILES string of the molecule is COc1ccc(NC(=O)CC2Sc3ccccc3NC2=O)cc1Cl. The van der Waals surface area contributed by atoms with Crippen molar-refractivity contribution < 1.29 is 14.3 Å². The Bertz CT molecular complexity index is 797. The Morgan fingerprint density at radius 3 is 2.88 bits per heavy atom. The van der Waals surface area contributed by atoms with E-state index in [-0.39, 0.29) is 18.2 Å². The zero-order valence-electron chi connectivity index (χ0n) is 12.8. The summed E-state index contributed by atoms with van der Waals surface area (Å²) in [5.41, 5.74) is 1.35. The van der Waals surface area contributed by atoms with Crippen LogP contribution in [-0.2, 0) is 9.59 Å². The van der Waals surface area contributed by atoms with Crippen LogP contribution in [0.3, 0.4) is 0 Å². The van der Waals surface area contributed by atoms with Gasteiger partial charge in [0.05, 0.1) is 23.1 Å². The Morgan fingerprint density at radius 1 is 1.33 bits per heavy atom. The van der Waals surface area contributed by atoms with Crippen molar-refractivity contribution in [1.29, 1.82) is 0 Å². The van der Waals surface area contributed by atoms with Gasteiger partial charge in [0.25, 0.3) is 0 Å². The molecule has 3 rings (SSSR count). The number of nitrogens with one attached hydrogen (secondary N) is 2. The normalized spacial score (nSPS) is 16.1. The van der Waals surface area contributed by atoms with Gasteiger partial charge in [-0.1, -0.05) is 23.7 Å². The van der Waals surface area contributed by atoms with Crippen LogP contribution in [-0.4, -0.2) is 24.2 Å². The molecule has 1 aliphatic rings. The van der Waals surface area contributed by atoms with Crippen molar-refractivity contribution in [3.8, 4) is 5.75 Å². The predicted octanol–water partition coefficient (Wildman–Crippen LogP) is 3.79. The predicted molar refractivity (Wildman–Crippen MR) is 96.0 cm³/mol. The van der Waals surface area contributed by atoms with Crippen molar-refractivity contribution in [1.82, 2.24) is 0 Å². The lowest BCUT2D eigenvalue weighted by molar-refractivity contribution is -0.120. The van der Waals surface area contributed by atoms with Gasteiger partial charge >= 0.3 is 0 Å². The molecule has 0 saturated carbocycles. The molecule has 2 amide bonds. The van der Waals surface area contributed by atoms with Crippen LogP contribution >= 0.6 is 23.4 Å². The van der Waals surface area contributed by atoms with Gasteiger partial charge in [0.1, 0.15) is 5.75 Å². The second-order valence-corrected chi connectivity index (χ2v) is 6.85. The molecule has 0 radical (unpaired) electrons. The van der Waals surface area contributed by atoms with Crippen molar-refractivity contribution in [2.45, 2.75) is 16.6 Å². The van der Waals surface area contributed by atoms with Gasteiger partial charge < -0.3 is 15.4 Å². The first-order valence-corrected chi connectivity index (χ1v) is 8.52. The summed E-state index contributed by atoms with van der Waals surface area (Å²) in [4.78, 5) is 25.3. The molecule has 7 heteroatoms. The number of carbonyl (C=O) groups excluding carboxylic acids is 2. The molecule has 1 atom stereocenters. The number of methoxy groups -OCH3 is 1. The molecule has 0 fully saturated rings. The topological polar surface area (TPSA) is 67.4 Å². The average molecular weight is 363 g/mol. The molecule has 124 valence electrons. The van der Waals surface area contributed by atoms with E-state index >= 15 is 0 Å². The summed E-state index contributed by atoms with van der Waals surface area (Å²) in [7, 11) is 1.52. The van der Waals surface area contributed by atoms with Gasteiger partial charge in [0.15, 0.2) is 0 Å². The van der Waals surface area contributed by atoms with Crippen LogP contribution in [0, 0.1) is 0 Å². The third-order valence-corrected chi connectivity index (χ3v) is 5.08. The van der Waals surface area contributed by atoms with Crippen LogP contribution in [0.25, 0.3) is 0 Å². The van der Waals surface area contributed by atoms with Crippen molar-refractivity contribution >= 4 is 46.6 Å². The minimum atomic E-state index is -0.464. The Hall–Kier alpha value is -2.18. The number of benzene rings is 2. The minimum absolute atomic E-state index is 0.0779. The number of halogens is 1. The van der Waals surface area contributed by atoms with E-state index in [2.05, 4.69) is 10.6 Å². The monoisotopic (exact) mass is 362 g/mol. The summed E-state index contributed by atoms with van der Waals surface area (Å²) in [6.45, 7) is 0. The number of fused-ring (bicyclic) bond motifs is 1. The van der Waals surface area contributed by atoms with E-state index in [1.54, 1.807) is 18.2 Å². The molecule has 1 aliphatic heterocycles. The Morgan fingerprint density at radius 2 is 2.12 bits per heavy atom. The average Bonchev–Trinajstić information content (AvgIpc) is 2.55. The number of anilines is 2. The Balaban J connectivity index is 1.65. The molecule has 24 heavy (non-hydrogen) atoms. The summed E-state index contributed by atoms with van der Waals surface area (Å²) < 4.78 is 5.07. The number of hydrogen-bond acceptors (Lipinski definition) is 4. The summed E-state index contributed by atoms with van der Waals surface area (Å²) in [6, 6.07) is 12.5. The molecule has 0 bridgehead atoms. The number of hydrogen-bond donors (Lipinski definition) is 2. The maximum atomic E-state index is 12.2. The highest BCUT2D eigenvalue weighted by molar-refractivity contribution is 8.01. The maximum Gasteiger partial charge on any atom is 0.238 e. The second kappa shape index (κ2) is 7.15. The molecule has 1 heterocycles. The third kappa shape index (κ3) is 3.66. The standard InChI is InChI=1S/C17H15ClN2O3S/c1-23-13-7-6-10(8-11(13)18)19-16(21)9-15-17(22)20-12-4-2-3-5-14(12)24-15/h2-8,15H,9H2,1H3,(H,19,21)(H,20,22). The first-order valence-electron chi connectivity index (χ1n) is 7.27. The first-order chi connectivity index (χ1) is 11.6. The highest BCUT2D eigenvalue weighted by Crippen LogP contribution is 2.36. The zero-order valence-corrected chi connectivity index (χ0v) is 14.4. The molecular formula is C17H15ClN2O3S. The largest absolute Gasteiger partial charge is 0.495 e. The summed E-state index contributed by atoms with van der Waals surface area (Å²) >= 11 is 7.43. The number of amides is 2. The molecule has 0 aliphatic carbocycles. The quantitative estimate of drug-likeness (QED) is 0.868. The second-order valence-electron chi connectivity index (χ2n) is 5.19. The van der Waals surface area contributed by atoms with Gasteiger partial charge in [-0.3, -0.25) is 9.59 Å². The Kier molecular flexibility index (Phi) is 4.97. The number of rotatable bonds is 4. The molecule has 1 unspecified atom stereocenters. The fourth-order valence-electron chi connectivity index (χ4n) is 2.35. The summed E-state index contributed by atoms with van der Waals surface area (Å²) in [5, 5.41) is 5.53. The van der Waals surface area contributed by atoms with Crippen molar-refractivity contribution in [2.75, 3.05) is 17.7 Å². The highest BCUT2D eigenvalue weighted by atomic mass is 35.5. The fraction of sp³-hybridized carbons (Fsp3) is 0.176. The highest BCUT2D eigenvalue weighted by Gasteiger charge is 2.28. The first kappa shape index (κ1) is 16.7. The number of thioether (sulfide) groups is 1. The molecule has 5 nitrogen and oxygen atoms in total. The lowest BCUT2D eigenvalue weighted by Crippen LogP contribution is -2.32. The van der Waals surface area contributed by atoms with Crippen molar-refractivity contribution in [2.24, 2.45) is 0 Å². The van der Waals surface area contributed by atoms with Gasteiger partial charge in [0, 0.05) is 17.0 Å². The van der Waals surface area contributed by atoms with E-state index < -0.39 is 5.25 Å². The summed E-state index contributed by atoms with van der Waals surface area (Å²) in [6.07, 6.45) is 0.0779. The van der Waals surface area contributed by atoms with E-state index in [0.29, 0.717) is 16.5 Å². The van der Waals surface area contributed by atoms with Crippen LogP contribution in [0.15, 0.2) is 47.4 Å². The smallest absolute Gasteiger partial charge is 0.238 e. The van der Waals surface area contributed by atoms with Crippen molar-refractivity contribution in [3.05, 3.63) is 47.5 Å². The molecule has 2 aromatic rings. The van der Waals surface area contributed by atoms with Gasteiger partial charge in [-0.15, -0.1) is 11.8 Å². The van der Waals surface area contributed by atoms with Crippen LogP contribution in [0.2, 0.25) is 5.02 Å².